The van der Waals surface area contributed by atoms with Crippen molar-refractivity contribution >= 4 is 35.8 Å². The van der Waals surface area contributed by atoms with Gasteiger partial charge >= 0.3 is 0 Å². The van der Waals surface area contributed by atoms with Crippen LogP contribution < -0.4 is 15.5 Å². The lowest BCUT2D eigenvalue weighted by molar-refractivity contribution is 0.122. The van der Waals surface area contributed by atoms with Crippen molar-refractivity contribution in [3.8, 4) is 0 Å². The van der Waals surface area contributed by atoms with E-state index in [1.54, 1.807) is 0 Å². The highest BCUT2D eigenvalue weighted by Crippen LogP contribution is 2.30. The van der Waals surface area contributed by atoms with Crippen LogP contribution in [-0.4, -0.2) is 50.8 Å². The Hall–Kier alpha value is -1.09. The second kappa shape index (κ2) is 12.5. The maximum Gasteiger partial charge on any atom is 0.191 e. The Morgan fingerprint density at radius 3 is 2.86 bits per heavy atom. The molecule has 0 spiro atoms. The fourth-order valence-electron chi connectivity index (χ4n) is 4.24. The molecule has 1 saturated carbocycles. The number of aromatic nitrogens is 1. The van der Waals surface area contributed by atoms with Crippen LogP contribution in [0.25, 0.3) is 0 Å². The first-order valence-electron chi connectivity index (χ1n) is 10.5. The summed E-state index contributed by atoms with van der Waals surface area (Å²) in [6.45, 7) is 7.44. The number of hydrogen-bond acceptors (Lipinski definition) is 4. The fourth-order valence-corrected chi connectivity index (χ4v) is 4.24. The van der Waals surface area contributed by atoms with Gasteiger partial charge < -0.3 is 20.3 Å². The Balaban J connectivity index is 0.00000280. The van der Waals surface area contributed by atoms with Gasteiger partial charge in [0.25, 0.3) is 0 Å². The van der Waals surface area contributed by atoms with Crippen LogP contribution in [0.1, 0.15) is 44.6 Å². The summed E-state index contributed by atoms with van der Waals surface area (Å²) in [7, 11) is 1.84. The average Bonchev–Trinajstić information content (AvgIpc) is 2.71. The molecule has 0 bridgehead atoms. The first-order chi connectivity index (χ1) is 13.3. The molecule has 1 aromatic heterocycles. The van der Waals surface area contributed by atoms with Crippen molar-refractivity contribution in [3.63, 3.8) is 0 Å². The molecule has 2 atom stereocenters. The lowest BCUT2D eigenvalue weighted by Gasteiger charge is -2.29. The van der Waals surface area contributed by atoms with Crippen molar-refractivity contribution in [3.05, 3.63) is 23.9 Å². The molecule has 2 aliphatic rings. The van der Waals surface area contributed by atoms with Gasteiger partial charge in [-0.1, -0.05) is 32.3 Å². The second-order valence-electron chi connectivity index (χ2n) is 7.86. The second-order valence-corrected chi connectivity index (χ2v) is 7.86. The van der Waals surface area contributed by atoms with Crippen molar-refractivity contribution in [1.82, 2.24) is 15.6 Å². The van der Waals surface area contributed by atoms with Crippen LogP contribution >= 0.6 is 24.0 Å². The van der Waals surface area contributed by atoms with E-state index < -0.39 is 0 Å². The van der Waals surface area contributed by atoms with Crippen LogP contribution in [0.5, 0.6) is 0 Å². The van der Waals surface area contributed by atoms with Gasteiger partial charge in [-0.25, -0.2) is 4.98 Å². The standard InChI is InChI=1S/C21H35N5O.HI/c1-17-5-3-6-18(15-17)8-10-24-21(22-2)25-16-19-7-4-9-23-20(19)26-11-13-27-14-12-26;/h4,7,9,17-18H,3,5-6,8,10-16H2,1-2H3,(H2,22,24,25);1H. The van der Waals surface area contributed by atoms with Crippen molar-refractivity contribution < 1.29 is 4.74 Å². The van der Waals surface area contributed by atoms with E-state index in [-0.39, 0.29) is 24.0 Å². The first kappa shape index (κ1) is 23.2. The molecule has 1 aliphatic carbocycles. The zero-order valence-corrected chi connectivity index (χ0v) is 19.7. The predicted octanol–water partition coefficient (Wildman–Crippen LogP) is 3.42. The maximum absolute atomic E-state index is 5.46. The minimum Gasteiger partial charge on any atom is -0.378 e. The van der Waals surface area contributed by atoms with Gasteiger partial charge in [0.15, 0.2) is 5.96 Å². The van der Waals surface area contributed by atoms with Crippen LogP contribution in [0.15, 0.2) is 23.3 Å². The molecule has 1 aromatic rings. The predicted molar refractivity (Wildman–Crippen MR) is 127 cm³/mol. The highest BCUT2D eigenvalue weighted by atomic mass is 127. The number of guanidine groups is 1. The van der Waals surface area contributed by atoms with Crippen molar-refractivity contribution in [1.29, 1.82) is 0 Å². The molecule has 6 nitrogen and oxygen atoms in total. The summed E-state index contributed by atoms with van der Waals surface area (Å²) in [6.07, 6.45) is 8.67. The number of ether oxygens (including phenoxy) is 1. The van der Waals surface area contributed by atoms with E-state index in [0.29, 0.717) is 0 Å². The molecular formula is C21H36IN5O. The molecule has 1 aliphatic heterocycles. The largest absolute Gasteiger partial charge is 0.378 e. The van der Waals surface area contributed by atoms with Gasteiger partial charge in [-0.05, 0) is 30.7 Å². The fraction of sp³-hybridized carbons (Fsp3) is 0.714. The monoisotopic (exact) mass is 501 g/mol. The van der Waals surface area contributed by atoms with Crippen molar-refractivity contribution in [2.75, 3.05) is 44.8 Å². The summed E-state index contributed by atoms with van der Waals surface area (Å²) in [4.78, 5) is 11.3. The van der Waals surface area contributed by atoms with E-state index in [2.05, 4.69) is 38.5 Å². The number of rotatable bonds is 6. The third-order valence-corrected chi connectivity index (χ3v) is 5.74. The molecule has 28 heavy (non-hydrogen) atoms. The molecular weight excluding hydrogens is 465 g/mol. The third kappa shape index (κ3) is 7.06. The van der Waals surface area contributed by atoms with Gasteiger partial charge in [0.05, 0.1) is 13.2 Å². The Bertz CT molecular complexity index is 606. The topological polar surface area (TPSA) is 61.8 Å². The van der Waals surface area contributed by atoms with Gasteiger partial charge in [0.1, 0.15) is 5.82 Å². The Labute approximate surface area is 186 Å². The molecule has 2 heterocycles. The lowest BCUT2D eigenvalue weighted by Crippen LogP contribution is -2.40. The molecule has 2 N–H and O–H groups in total. The van der Waals surface area contributed by atoms with Crippen LogP contribution in [-0.2, 0) is 11.3 Å². The van der Waals surface area contributed by atoms with Crippen molar-refractivity contribution in [2.24, 2.45) is 16.8 Å². The Kier molecular flexibility index (Phi) is 10.3. The zero-order chi connectivity index (χ0) is 18.9. The molecule has 3 rings (SSSR count). The van der Waals surface area contributed by atoms with Gasteiger partial charge in [-0.2, -0.15) is 0 Å². The Morgan fingerprint density at radius 2 is 2.11 bits per heavy atom. The van der Waals surface area contributed by atoms with E-state index in [9.17, 15) is 0 Å². The van der Waals surface area contributed by atoms with Crippen LogP contribution in [0.4, 0.5) is 5.82 Å². The quantitative estimate of drug-likeness (QED) is 0.356. The number of anilines is 1. The molecule has 2 unspecified atom stereocenters. The van der Waals surface area contributed by atoms with Crippen LogP contribution in [0.2, 0.25) is 0 Å². The minimum atomic E-state index is 0. The van der Waals surface area contributed by atoms with E-state index in [4.69, 9.17) is 4.74 Å². The normalized spacial score (nSPS) is 23.1. The lowest BCUT2D eigenvalue weighted by atomic mass is 9.81. The van der Waals surface area contributed by atoms with E-state index >= 15 is 0 Å². The first-order valence-corrected chi connectivity index (χ1v) is 10.5. The highest BCUT2D eigenvalue weighted by molar-refractivity contribution is 14.0. The highest BCUT2D eigenvalue weighted by Gasteiger charge is 2.19. The number of pyridine rings is 1. The van der Waals surface area contributed by atoms with Gasteiger partial charge in [-0.15, -0.1) is 24.0 Å². The summed E-state index contributed by atoms with van der Waals surface area (Å²) < 4.78 is 5.46. The molecule has 1 saturated heterocycles. The third-order valence-electron chi connectivity index (χ3n) is 5.74. The maximum atomic E-state index is 5.46. The minimum absolute atomic E-state index is 0. The summed E-state index contributed by atoms with van der Waals surface area (Å²) in [6, 6.07) is 4.14. The molecule has 7 heteroatoms. The summed E-state index contributed by atoms with van der Waals surface area (Å²) in [5.41, 5.74) is 1.20. The van der Waals surface area contributed by atoms with E-state index in [0.717, 1.165) is 63.0 Å². The molecule has 158 valence electrons. The summed E-state index contributed by atoms with van der Waals surface area (Å²) >= 11 is 0. The SMILES string of the molecule is CN=C(NCCC1CCCC(C)C1)NCc1cccnc1N1CCOCC1.I. The molecule has 0 aromatic carbocycles. The van der Waals surface area contributed by atoms with Crippen LogP contribution in [0.3, 0.4) is 0 Å². The number of aliphatic imine (C=N–C) groups is 1. The number of nitrogens with zero attached hydrogens (tertiary/aromatic N) is 3. The van der Waals surface area contributed by atoms with Crippen LogP contribution in [0, 0.1) is 11.8 Å². The smallest absolute Gasteiger partial charge is 0.191 e. The van der Waals surface area contributed by atoms with E-state index in [1.165, 1.54) is 37.7 Å². The number of morpholine rings is 1. The number of halogens is 1. The number of nitrogens with one attached hydrogen (secondary N) is 2. The summed E-state index contributed by atoms with van der Waals surface area (Å²) in [5.74, 6) is 3.69. The molecule has 0 amide bonds. The van der Waals surface area contributed by atoms with Gasteiger partial charge in [0, 0.05) is 45.0 Å². The average molecular weight is 501 g/mol. The summed E-state index contributed by atoms with van der Waals surface area (Å²) in [5, 5.41) is 6.94. The molecule has 2 fully saturated rings. The van der Waals surface area contributed by atoms with Gasteiger partial charge in [-0.3, -0.25) is 4.99 Å². The van der Waals surface area contributed by atoms with Gasteiger partial charge in [0.2, 0.25) is 0 Å². The molecule has 0 radical (unpaired) electrons. The van der Waals surface area contributed by atoms with E-state index in [1.807, 2.05) is 19.3 Å². The number of hydrogen-bond donors (Lipinski definition) is 2. The Morgan fingerprint density at radius 1 is 1.29 bits per heavy atom. The van der Waals surface area contributed by atoms with Crippen molar-refractivity contribution in [2.45, 2.75) is 45.6 Å². The zero-order valence-electron chi connectivity index (χ0n) is 17.3.